The number of hydrogen-bond acceptors (Lipinski definition) is 2. The Kier molecular flexibility index (Phi) is 4.48. The highest BCUT2D eigenvalue weighted by atomic mass is 35.5. The number of rotatable bonds is 4. The molecular formula is C15H16ClNO2S. The van der Waals surface area contributed by atoms with Gasteiger partial charge in [0.05, 0.1) is 4.90 Å². The second kappa shape index (κ2) is 5.95. The summed E-state index contributed by atoms with van der Waals surface area (Å²) in [5.41, 5.74) is 2.77. The maximum Gasteiger partial charge on any atom is 0.240 e. The molecule has 2 aromatic rings. The summed E-state index contributed by atoms with van der Waals surface area (Å²) < 4.78 is 27.0. The van der Waals surface area contributed by atoms with Crippen molar-refractivity contribution in [2.24, 2.45) is 0 Å². The van der Waals surface area contributed by atoms with Crippen molar-refractivity contribution in [2.45, 2.75) is 25.3 Å². The molecule has 3 nitrogen and oxygen atoms in total. The fraction of sp³-hybridized carbons (Fsp3) is 0.200. The van der Waals surface area contributed by atoms with Crippen LogP contribution in [0.2, 0.25) is 5.02 Å². The minimum absolute atomic E-state index is 0.176. The van der Waals surface area contributed by atoms with Gasteiger partial charge in [0, 0.05) is 11.6 Å². The third-order valence-electron chi connectivity index (χ3n) is 3.20. The monoisotopic (exact) mass is 309 g/mol. The molecule has 0 radical (unpaired) electrons. The third kappa shape index (κ3) is 3.39. The van der Waals surface area contributed by atoms with Crippen LogP contribution < -0.4 is 4.72 Å². The predicted molar refractivity (Wildman–Crippen MR) is 81.4 cm³/mol. The van der Waals surface area contributed by atoms with Crippen molar-refractivity contribution < 1.29 is 8.42 Å². The molecule has 5 heteroatoms. The summed E-state index contributed by atoms with van der Waals surface area (Å²) in [6.07, 6.45) is 0. The molecule has 106 valence electrons. The summed E-state index contributed by atoms with van der Waals surface area (Å²) in [4.78, 5) is 0.271. The topological polar surface area (TPSA) is 46.2 Å². The quantitative estimate of drug-likeness (QED) is 0.940. The number of sulfonamides is 1. The van der Waals surface area contributed by atoms with E-state index < -0.39 is 10.0 Å². The average molecular weight is 310 g/mol. The van der Waals surface area contributed by atoms with Crippen molar-refractivity contribution in [1.82, 2.24) is 4.72 Å². The van der Waals surface area contributed by atoms with Crippen LogP contribution in [0.15, 0.2) is 47.4 Å². The molecule has 0 bridgehead atoms. The summed E-state index contributed by atoms with van der Waals surface area (Å²) in [6.45, 7) is 4.01. The number of halogens is 1. The second-order valence-corrected chi connectivity index (χ2v) is 6.84. The molecule has 2 aromatic carbocycles. The van der Waals surface area contributed by atoms with Gasteiger partial charge in [-0.1, -0.05) is 35.9 Å². The first-order valence-electron chi connectivity index (χ1n) is 6.20. The van der Waals surface area contributed by atoms with Gasteiger partial charge in [-0.2, -0.15) is 0 Å². The molecule has 0 fully saturated rings. The first-order valence-corrected chi connectivity index (χ1v) is 8.06. The third-order valence-corrected chi connectivity index (χ3v) is 4.97. The Labute approximate surface area is 124 Å². The van der Waals surface area contributed by atoms with E-state index in [1.165, 1.54) is 0 Å². The number of benzene rings is 2. The Morgan fingerprint density at radius 1 is 1.05 bits per heavy atom. The number of aryl methyl sites for hydroxylation is 2. The summed E-state index contributed by atoms with van der Waals surface area (Å²) in [5, 5.41) is 0.551. The van der Waals surface area contributed by atoms with Crippen molar-refractivity contribution in [2.75, 3.05) is 0 Å². The molecule has 0 unspecified atom stereocenters. The van der Waals surface area contributed by atoms with Gasteiger partial charge in [0.1, 0.15) is 0 Å². The van der Waals surface area contributed by atoms with Gasteiger partial charge in [-0.3, -0.25) is 0 Å². The standard InChI is InChI=1S/C15H16ClNO2S/c1-11-7-8-14(9-12(11)2)20(18,19)17-10-13-5-3-4-6-15(13)16/h3-9,17H,10H2,1-2H3. The fourth-order valence-corrected chi connectivity index (χ4v) is 3.07. The number of hydrogen-bond donors (Lipinski definition) is 1. The van der Waals surface area contributed by atoms with Gasteiger partial charge in [0.15, 0.2) is 0 Å². The SMILES string of the molecule is Cc1ccc(S(=O)(=O)NCc2ccccc2Cl)cc1C. The van der Waals surface area contributed by atoms with Crippen molar-refractivity contribution in [3.05, 3.63) is 64.2 Å². The first kappa shape index (κ1) is 15.0. The first-order chi connectivity index (χ1) is 9.40. The smallest absolute Gasteiger partial charge is 0.207 e. The van der Waals surface area contributed by atoms with Gasteiger partial charge in [-0.25, -0.2) is 13.1 Å². The van der Waals surface area contributed by atoms with E-state index in [1.54, 1.807) is 30.3 Å². The Hall–Kier alpha value is -1.36. The van der Waals surface area contributed by atoms with E-state index in [9.17, 15) is 8.42 Å². The Morgan fingerprint density at radius 3 is 2.40 bits per heavy atom. The highest BCUT2D eigenvalue weighted by Crippen LogP contribution is 2.17. The van der Waals surface area contributed by atoms with Crippen LogP contribution in [0, 0.1) is 13.8 Å². The molecule has 0 atom stereocenters. The Balaban J connectivity index is 2.19. The molecule has 1 N–H and O–H groups in total. The van der Waals surface area contributed by atoms with E-state index in [0.717, 1.165) is 16.7 Å². The highest BCUT2D eigenvalue weighted by Gasteiger charge is 2.14. The average Bonchev–Trinajstić information content (AvgIpc) is 2.41. The Morgan fingerprint density at radius 2 is 1.75 bits per heavy atom. The van der Waals surface area contributed by atoms with Gasteiger partial charge in [-0.15, -0.1) is 0 Å². The summed E-state index contributed by atoms with van der Waals surface area (Å²) in [6, 6.07) is 12.3. The lowest BCUT2D eigenvalue weighted by molar-refractivity contribution is 0.581. The fourth-order valence-electron chi connectivity index (χ4n) is 1.78. The highest BCUT2D eigenvalue weighted by molar-refractivity contribution is 7.89. The normalized spacial score (nSPS) is 11.6. The molecule has 0 heterocycles. The van der Waals surface area contributed by atoms with E-state index in [0.29, 0.717) is 5.02 Å². The van der Waals surface area contributed by atoms with Crippen LogP contribution in [0.1, 0.15) is 16.7 Å². The van der Waals surface area contributed by atoms with Gasteiger partial charge >= 0.3 is 0 Å². The second-order valence-electron chi connectivity index (χ2n) is 4.66. The molecule has 0 saturated carbocycles. The van der Waals surface area contributed by atoms with Crippen LogP contribution in [0.4, 0.5) is 0 Å². The van der Waals surface area contributed by atoms with E-state index >= 15 is 0 Å². The van der Waals surface area contributed by atoms with E-state index in [-0.39, 0.29) is 11.4 Å². The molecule has 0 amide bonds. The molecule has 20 heavy (non-hydrogen) atoms. The van der Waals surface area contributed by atoms with E-state index in [4.69, 9.17) is 11.6 Å². The zero-order valence-electron chi connectivity index (χ0n) is 11.4. The van der Waals surface area contributed by atoms with Crippen LogP contribution in [-0.2, 0) is 16.6 Å². The molecule has 0 aliphatic heterocycles. The minimum Gasteiger partial charge on any atom is -0.207 e. The molecular weight excluding hydrogens is 294 g/mol. The summed E-state index contributed by atoms with van der Waals surface area (Å²) in [5.74, 6) is 0. The lowest BCUT2D eigenvalue weighted by Crippen LogP contribution is -2.23. The molecule has 2 rings (SSSR count). The van der Waals surface area contributed by atoms with Crippen LogP contribution >= 0.6 is 11.6 Å². The molecule has 0 aliphatic carbocycles. The minimum atomic E-state index is -3.52. The van der Waals surface area contributed by atoms with Gasteiger partial charge in [0.25, 0.3) is 0 Å². The van der Waals surface area contributed by atoms with E-state index in [1.807, 2.05) is 26.0 Å². The van der Waals surface area contributed by atoms with Gasteiger partial charge < -0.3 is 0 Å². The van der Waals surface area contributed by atoms with Gasteiger partial charge in [-0.05, 0) is 48.7 Å². The predicted octanol–water partition coefficient (Wildman–Crippen LogP) is 3.44. The van der Waals surface area contributed by atoms with E-state index in [2.05, 4.69) is 4.72 Å². The molecule has 0 aliphatic rings. The van der Waals surface area contributed by atoms with Gasteiger partial charge in [0.2, 0.25) is 10.0 Å². The lowest BCUT2D eigenvalue weighted by atomic mass is 10.1. The molecule has 0 saturated heterocycles. The molecule has 0 spiro atoms. The zero-order valence-corrected chi connectivity index (χ0v) is 12.9. The van der Waals surface area contributed by atoms with Crippen LogP contribution in [0.25, 0.3) is 0 Å². The maximum atomic E-state index is 12.2. The van der Waals surface area contributed by atoms with Crippen LogP contribution in [0.5, 0.6) is 0 Å². The zero-order chi connectivity index (χ0) is 14.8. The van der Waals surface area contributed by atoms with Crippen LogP contribution in [0.3, 0.4) is 0 Å². The molecule has 0 aromatic heterocycles. The van der Waals surface area contributed by atoms with Crippen molar-refractivity contribution in [3.8, 4) is 0 Å². The summed E-state index contributed by atoms with van der Waals surface area (Å²) in [7, 11) is -3.52. The van der Waals surface area contributed by atoms with Crippen LogP contribution in [-0.4, -0.2) is 8.42 Å². The Bertz CT molecular complexity index is 726. The number of nitrogens with one attached hydrogen (secondary N) is 1. The van der Waals surface area contributed by atoms with Crippen molar-refractivity contribution >= 4 is 21.6 Å². The summed E-state index contributed by atoms with van der Waals surface area (Å²) >= 11 is 6.01. The van der Waals surface area contributed by atoms with Crippen molar-refractivity contribution in [3.63, 3.8) is 0 Å². The van der Waals surface area contributed by atoms with Crippen molar-refractivity contribution in [1.29, 1.82) is 0 Å². The largest absolute Gasteiger partial charge is 0.240 e. The maximum absolute atomic E-state index is 12.2. The lowest BCUT2D eigenvalue weighted by Gasteiger charge is -2.09.